The number of hydrogen-bond donors (Lipinski definition) is 0. The number of rotatable bonds is 3. The van der Waals surface area contributed by atoms with Crippen LogP contribution in [0.15, 0.2) is 0 Å². The molecule has 2 unspecified atom stereocenters. The molecule has 0 aromatic heterocycles. The van der Waals surface area contributed by atoms with Crippen molar-refractivity contribution in [3.8, 4) is 0 Å². The van der Waals surface area contributed by atoms with Gasteiger partial charge in [-0.1, -0.05) is 6.42 Å². The molecule has 2 heterocycles. The first-order valence-corrected chi connectivity index (χ1v) is 7.78. The van der Waals surface area contributed by atoms with Gasteiger partial charge in [0.05, 0.1) is 24.7 Å². The number of likely N-dealkylation sites (tertiary alicyclic amines) is 1. The number of nitrogens with zero attached hydrogens (tertiary/aromatic N) is 1. The predicted octanol–water partition coefficient (Wildman–Crippen LogP) is 2.75. The second kappa shape index (κ2) is 5.64. The number of esters is 1. The van der Waals surface area contributed by atoms with Crippen molar-refractivity contribution in [2.75, 3.05) is 13.7 Å². The highest BCUT2D eigenvalue weighted by atomic mass is 16.5. The van der Waals surface area contributed by atoms with Crippen LogP contribution in [0.25, 0.3) is 0 Å². The average molecular weight is 283 g/mol. The van der Waals surface area contributed by atoms with Crippen LogP contribution >= 0.6 is 0 Å². The summed E-state index contributed by atoms with van der Waals surface area (Å²) in [5, 5.41) is 0. The zero-order valence-electron chi connectivity index (χ0n) is 13.6. The van der Waals surface area contributed by atoms with Crippen LogP contribution in [0.4, 0.5) is 0 Å². The van der Waals surface area contributed by atoms with E-state index in [-0.39, 0.29) is 17.2 Å². The molecule has 0 aromatic rings. The quantitative estimate of drug-likeness (QED) is 0.747. The standard InChI is InChI=1S/C16H29NO3/c1-15(2)11-13(16(3,4)20-15)17-9-7-6-8-12(17)10-14(18)19-5/h12-13H,6-11H2,1-5H3. The maximum absolute atomic E-state index is 11.6. The molecule has 0 aliphatic carbocycles. The summed E-state index contributed by atoms with van der Waals surface area (Å²) >= 11 is 0. The highest BCUT2D eigenvalue weighted by Crippen LogP contribution is 2.42. The van der Waals surface area contributed by atoms with Crippen molar-refractivity contribution in [1.29, 1.82) is 0 Å². The van der Waals surface area contributed by atoms with Gasteiger partial charge in [-0.05, 0) is 53.5 Å². The van der Waals surface area contributed by atoms with Gasteiger partial charge in [0.2, 0.25) is 0 Å². The fraction of sp³-hybridized carbons (Fsp3) is 0.938. The van der Waals surface area contributed by atoms with Crippen molar-refractivity contribution >= 4 is 5.97 Å². The summed E-state index contributed by atoms with van der Waals surface area (Å²) in [5.41, 5.74) is -0.239. The van der Waals surface area contributed by atoms with E-state index >= 15 is 0 Å². The summed E-state index contributed by atoms with van der Waals surface area (Å²) in [6.07, 6.45) is 5.03. The molecule has 2 atom stereocenters. The summed E-state index contributed by atoms with van der Waals surface area (Å²) in [6.45, 7) is 9.74. The molecule has 2 fully saturated rings. The smallest absolute Gasteiger partial charge is 0.307 e. The van der Waals surface area contributed by atoms with E-state index in [1.165, 1.54) is 20.0 Å². The molecule has 116 valence electrons. The molecule has 0 N–H and O–H groups in total. The Morgan fingerprint density at radius 2 is 2.00 bits per heavy atom. The summed E-state index contributed by atoms with van der Waals surface area (Å²) in [6, 6.07) is 0.686. The molecular weight excluding hydrogens is 254 g/mol. The van der Waals surface area contributed by atoms with Crippen molar-refractivity contribution in [3.05, 3.63) is 0 Å². The number of methoxy groups -OCH3 is 1. The van der Waals surface area contributed by atoms with Crippen LogP contribution in [0.3, 0.4) is 0 Å². The van der Waals surface area contributed by atoms with Crippen molar-refractivity contribution in [2.24, 2.45) is 0 Å². The van der Waals surface area contributed by atoms with Crippen molar-refractivity contribution in [1.82, 2.24) is 4.90 Å². The van der Waals surface area contributed by atoms with E-state index in [4.69, 9.17) is 9.47 Å². The second-order valence-electron chi connectivity index (χ2n) is 7.35. The molecule has 0 saturated carbocycles. The molecule has 2 saturated heterocycles. The normalized spacial score (nSPS) is 33.0. The van der Waals surface area contributed by atoms with Crippen LogP contribution in [-0.2, 0) is 14.3 Å². The Morgan fingerprint density at radius 3 is 2.55 bits per heavy atom. The Kier molecular flexibility index (Phi) is 4.45. The lowest BCUT2D eigenvalue weighted by molar-refractivity contribution is -0.143. The van der Waals surface area contributed by atoms with E-state index < -0.39 is 0 Å². The lowest BCUT2D eigenvalue weighted by atomic mass is 9.88. The van der Waals surface area contributed by atoms with E-state index in [1.807, 2.05) is 0 Å². The summed E-state index contributed by atoms with van der Waals surface area (Å²) in [4.78, 5) is 14.2. The van der Waals surface area contributed by atoms with Gasteiger partial charge < -0.3 is 9.47 Å². The maximum atomic E-state index is 11.6. The number of piperidine rings is 1. The molecule has 2 rings (SSSR count). The molecule has 20 heavy (non-hydrogen) atoms. The third-order valence-corrected chi connectivity index (χ3v) is 4.73. The Hall–Kier alpha value is -0.610. The molecule has 0 amide bonds. The highest BCUT2D eigenvalue weighted by Gasteiger charge is 2.50. The monoisotopic (exact) mass is 283 g/mol. The van der Waals surface area contributed by atoms with Crippen molar-refractivity contribution < 1.29 is 14.3 Å². The number of hydrogen-bond acceptors (Lipinski definition) is 4. The summed E-state index contributed by atoms with van der Waals surface area (Å²) in [7, 11) is 1.47. The van der Waals surface area contributed by atoms with E-state index in [2.05, 4.69) is 32.6 Å². The van der Waals surface area contributed by atoms with Crippen LogP contribution in [0, 0.1) is 0 Å². The topological polar surface area (TPSA) is 38.8 Å². The van der Waals surface area contributed by atoms with Gasteiger partial charge in [0.25, 0.3) is 0 Å². The van der Waals surface area contributed by atoms with Gasteiger partial charge in [0.1, 0.15) is 0 Å². The lowest BCUT2D eigenvalue weighted by Crippen LogP contribution is -2.53. The van der Waals surface area contributed by atoms with E-state index in [9.17, 15) is 4.79 Å². The predicted molar refractivity (Wildman–Crippen MR) is 78.6 cm³/mol. The molecule has 4 nitrogen and oxygen atoms in total. The minimum Gasteiger partial charge on any atom is -0.469 e. The van der Waals surface area contributed by atoms with Gasteiger partial charge in [-0.2, -0.15) is 0 Å². The Morgan fingerprint density at radius 1 is 1.30 bits per heavy atom. The van der Waals surface area contributed by atoms with Crippen LogP contribution in [-0.4, -0.2) is 47.8 Å². The zero-order valence-corrected chi connectivity index (χ0v) is 13.6. The highest BCUT2D eigenvalue weighted by molar-refractivity contribution is 5.69. The van der Waals surface area contributed by atoms with Crippen LogP contribution in [0.1, 0.15) is 59.8 Å². The first-order valence-electron chi connectivity index (χ1n) is 7.78. The van der Waals surface area contributed by atoms with E-state index in [0.717, 1.165) is 19.4 Å². The third kappa shape index (κ3) is 3.34. The fourth-order valence-electron chi connectivity index (χ4n) is 3.98. The molecular formula is C16H29NO3. The average Bonchev–Trinajstić information content (AvgIpc) is 2.58. The number of ether oxygens (including phenoxy) is 2. The van der Waals surface area contributed by atoms with E-state index in [1.54, 1.807) is 0 Å². The van der Waals surface area contributed by atoms with Gasteiger partial charge in [0.15, 0.2) is 0 Å². The summed E-state index contributed by atoms with van der Waals surface area (Å²) in [5.74, 6) is -0.0992. The minimum absolute atomic E-state index is 0.0819. The lowest BCUT2D eigenvalue weighted by Gasteiger charge is -2.43. The third-order valence-electron chi connectivity index (χ3n) is 4.73. The maximum Gasteiger partial charge on any atom is 0.307 e. The molecule has 2 aliphatic rings. The molecule has 2 aliphatic heterocycles. The SMILES string of the molecule is COC(=O)CC1CCCCN1C1CC(C)(C)OC1(C)C. The first kappa shape index (κ1) is 15.8. The van der Waals surface area contributed by atoms with E-state index in [0.29, 0.717) is 18.5 Å². The van der Waals surface area contributed by atoms with Gasteiger partial charge in [-0.15, -0.1) is 0 Å². The van der Waals surface area contributed by atoms with Crippen LogP contribution in [0.2, 0.25) is 0 Å². The second-order valence-corrected chi connectivity index (χ2v) is 7.35. The molecule has 0 radical (unpaired) electrons. The Labute approximate surface area is 122 Å². The largest absolute Gasteiger partial charge is 0.469 e. The van der Waals surface area contributed by atoms with Gasteiger partial charge in [-0.25, -0.2) is 0 Å². The Balaban J connectivity index is 2.13. The molecule has 4 heteroatoms. The molecule has 0 aromatic carbocycles. The van der Waals surface area contributed by atoms with Gasteiger partial charge >= 0.3 is 5.97 Å². The number of carbonyl (C=O) groups excluding carboxylic acids is 1. The molecule has 0 spiro atoms. The minimum atomic E-state index is -0.158. The number of carbonyl (C=O) groups is 1. The molecule has 0 bridgehead atoms. The van der Waals surface area contributed by atoms with Gasteiger partial charge in [0, 0.05) is 12.1 Å². The Bertz CT molecular complexity index is 365. The van der Waals surface area contributed by atoms with Gasteiger partial charge in [-0.3, -0.25) is 9.69 Å². The summed E-state index contributed by atoms with van der Waals surface area (Å²) < 4.78 is 11.1. The van der Waals surface area contributed by atoms with Crippen molar-refractivity contribution in [2.45, 2.75) is 83.1 Å². The van der Waals surface area contributed by atoms with Crippen LogP contribution in [0.5, 0.6) is 0 Å². The van der Waals surface area contributed by atoms with Crippen molar-refractivity contribution in [3.63, 3.8) is 0 Å². The fourth-order valence-corrected chi connectivity index (χ4v) is 3.98. The first-order chi connectivity index (χ1) is 9.25. The zero-order chi connectivity index (χ0) is 15.0. The van der Waals surface area contributed by atoms with Crippen LogP contribution < -0.4 is 0 Å².